The highest BCUT2D eigenvalue weighted by Crippen LogP contribution is 2.26. The summed E-state index contributed by atoms with van der Waals surface area (Å²) in [6, 6.07) is 14.7. The molecule has 0 amide bonds. The van der Waals surface area contributed by atoms with E-state index in [1.807, 2.05) is 12.1 Å². The monoisotopic (exact) mass is 294 g/mol. The predicted molar refractivity (Wildman–Crippen MR) is 89.8 cm³/mol. The Labute approximate surface area is 129 Å². The van der Waals surface area contributed by atoms with E-state index in [2.05, 4.69) is 61.1 Å². The molecule has 2 aromatic carbocycles. The van der Waals surface area contributed by atoms with Crippen LogP contribution in [-0.4, -0.2) is 9.97 Å². The zero-order valence-corrected chi connectivity index (χ0v) is 13.4. The number of aromatic nitrogens is 2. The molecule has 3 heteroatoms. The molecule has 0 saturated carbocycles. The number of aryl methyl sites for hydroxylation is 3. The van der Waals surface area contributed by atoms with Gasteiger partial charge < -0.3 is 0 Å². The zero-order chi connectivity index (χ0) is 14.8. The van der Waals surface area contributed by atoms with Crippen LogP contribution >= 0.6 is 11.8 Å². The molecule has 2 nitrogen and oxygen atoms in total. The van der Waals surface area contributed by atoms with Gasteiger partial charge in [-0.2, -0.15) is 0 Å². The van der Waals surface area contributed by atoms with E-state index in [0.29, 0.717) is 0 Å². The molecule has 1 aromatic heterocycles. The molecule has 0 spiro atoms. The van der Waals surface area contributed by atoms with Gasteiger partial charge in [-0.05, 0) is 38.5 Å². The van der Waals surface area contributed by atoms with E-state index in [1.165, 1.54) is 16.0 Å². The van der Waals surface area contributed by atoms with Gasteiger partial charge in [-0.3, -0.25) is 0 Å². The maximum Gasteiger partial charge on any atom is 0.139 e. The summed E-state index contributed by atoms with van der Waals surface area (Å²) in [5, 5.41) is 1.14. The third-order valence-corrected chi connectivity index (χ3v) is 4.70. The third-order valence-electron chi connectivity index (χ3n) is 3.53. The number of nitrogens with zero attached hydrogens (tertiary/aromatic N) is 2. The van der Waals surface area contributed by atoms with Crippen LogP contribution in [0.1, 0.15) is 22.6 Å². The topological polar surface area (TPSA) is 25.8 Å². The Morgan fingerprint density at radius 1 is 0.952 bits per heavy atom. The fraction of sp³-hybridized carbons (Fsp3) is 0.222. The van der Waals surface area contributed by atoms with Gasteiger partial charge in [-0.25, -0.2) is 9.97 Å². The smallest absolute Gasteiger partial charge is 0.139 e. The first kappa shape index (κ1) is 14.1. The molecule has 0 saturated heterocycles. The Balaban J connectivity index is 1.85. The lowest BCUT2D eigenvalue weighted by Crippen LogP contribution is -1.97. The van der Waals surface area contributed by atoms with Crippen molar-refractivity contribution in [2.24, 2.45) is 0 Å². The lowest BCUT2D eigenvalue weighted by Gasteiger charge is -2.08. The Bertz CT molecular complexity index is 796. The van der Waals surface area contributed by atoms with Crippen LogP contribution in [0.2, 0.25) is 0 Å². The number of para-hydroxylation sites is 1. The molecule has 0 unspecified atom stereocenters. The summed E-state index contributed by atoms with van der Waals surface area (Å²) in [6.45, 7) is 6.33. The summed E-state index contributed by atoms with van der Waals surface area (Å²) in [6.07, 6.45) is 0. The molecule has 0 aliphatic rings. The lowest BCUT2D eigenvalue weighted by atomic mass is 10.2. The van der Waals surface area contributed by atoms with Gasteiger partial charge in [-0.1, -0.05) is 35.9 Å². The van der Waals surface area contributed by atoms with Gasteiger partial charge in [-0.15, -0.1) is 11.8 Å². The van der Waals surface area contributed by atoms with Gasteiger partial charge in [0.05, 0.1) is 11.3 Å². The van der Waals surface area contributed by atoms with Crippen molar-refractivity contribution in [3.05, 3.63) is 65.1 Å². The first-order valence-electron chi connectivity index (χ1n) is 7.06. The SMILES string of the molecule is Cc1ccc(SCc2nc(C)c3ccccc3n2)c(C)c1. The van der Waals surface area contributed by atoms with Crippen LogP contribution in [0.4, 0.5) is 0 Å². The molecule has 106 valence electrons. The van der Waals surface area contributed by atoms with Crippen LogP contribution in [0.3, 0.4) is 0 Å². The van der Waals surface area contributed by atoms with Crippen LogP contribution in [0.5, 0.6) is 0 Å². The van der Waals surface area contributed by atoms with Crippen molar-refractivity contribution in [3.63, 3.8) is 0 Å². The summed E-state index contributed by atoms with van der Waals surface area (Å²) in [5.41, 5.74) is 4.70. The fourth-order valence-electron chi connectivity index (χ4n) is 2.46. The highest BCUT2D eigenvalue weighted by Gasteiger charge is 2.06. The molecule has 0 aliphatic carbocycles. The molecule has 3 rings (SSSR count). The Morgan fingerprint density at radius 2 is 1.76 bits per heavy atom. The largest absolute Gasteiger partial charge is 0.237 e. The summed E-state index contributed by atoms with van der Waals surface area (Å²) in [5.74, 6) is 1.70. The Morgan fingerprint density at radius 3 is 2.57 bits per heavy atom. The summed E-state index contributed by atoms with van der Waals surface area (Å²) in [4.78, 5) is 10.6. The lowest BCUT2D eigenvalue weighted by molar-refractivity contribution is 1.03. The van der Waals surface area contributed by atoms with E-state index < -0.39 is 0 Å². The first-order valence-corrected chi connectivity index (χ1v) is 8.04. The maximum atomic E-state index is 4.67. The van der Waals surface area contributed by atoms with Crippen molar-refractivity contribution in [1.82, 2.24) is 9.97 Å². The van der Waals surface area contributed by atoms with Gasteiger partial charge in [0, 0.05) is 16.0 Å². The van der Waals surface area contributed by atoms with Crippen molar-refractivity contribution >= 4 is 22.7 Å². The summed E-state index contributed by atoms with van der Waals surface area (Å²) >= 11 is 1.80. The van der Waals surface area contributed by atoms with E-state index >= 15 is 0 Å². The molecular formula is C18H18N2S. The second-order valence-electron chi connectivity index (χ2n) is 5.30. The summed E-state index contributed by atoms with van der Waals surface area (Å²) < 4.78 is 0. The Kier molecular flexibility index (Phi) is 3.93. The molecule has 3 aromatic rings. The minimum absolute atomic E-state index is 0.801. The third kappa shape index (κ3) is 3.08. The molecular weight excluding hydrogens is 276 g/mol. The molecule has 0 bridgehead atoms. The molecule has 0 N–H and O–H groups in total. The zero-order valence-electron chi connectivity index (χ0n) is 12.6. The van der Waals surface area contributed by atoms with Crippen molar-refractivity contribution in [2.45, 2.75) is 31.4 Å². The number of hydrogen-bond acceptors (Lipinski definition) is 3. The van der Waals surface area contributed by atoms with E-state index in [0.717, 1.165) is 28.2 Å². The standard InChI is InChI=1S/C18H18N2S/c1-12-8-9-17(13(2)10-12)21-11-18-19-14(3)15-6-4-5-7-16(15)20-18/h4-10H,11H2,1-3H3. The van der Waals surface area contributed by atoms with Crippen molar-refractivity contribution in [3.8, 4) is 0 Å². The number of hydrogen-bond donors (Lipinski definition) is 0. The highest BCUT2D eigenvalue weighted by atomic mass is 32.2. The van der Waals surface area contributed by atoms with E-state index in [9.17, 15) is 0 Å². The van der Waals surface area contributed by atoms with Gasteiger partial charge in [0.25, 0.3) is 0 Å². The minimum atomic E-state index is 0.801. The van der Waals surface area contributed by atoms with Crippen molar-refractivity contribution in [2.75, 3.05) is 0 Å². The molecule has 1 heterocycles. The number of benzene rings is 2. The highest BCUT2D eigenvalue weighted by molar-refractivity contribution is 7.98. The molecule has 0 atom stereocenters. The molecule has 0 aliphatic heterocycles. The summed E-state index contributed by atoms with van der Waals surface area (Å²) in [7, 11) is 0. The Hall–Kier alpha value is -1.87. The van der Waals surface area contributed by atoms with Crippen LogP contribution in [0, 0.1) is 20.8 Å². The van der Waals surface area contributed by atoms with Gasteiger partial charge >= 0.3 is 0 Å². The van der Waals surface area contributed by atoms with Crippen LogP contribution in [0.15, 0.2) is 47.4 Å². The second kappa shape index (κ2) is 5.86. The fourth-order valence-corrected chi connectivity index (χ4v) is 3.33. The van der Waals surface area contributed by atoms with Crippen LogP contribution in [0.25, 0.3) is 10.9 Å². The van der Waals surface area contributed by atoms with E-state index in [-0.39, 0.29) is 0 Å². The average Bonchev–Trinajstić information content (AvgIpc) is 2.46. The number of thioether (sulfide) groups is 1. The van der Waals surface area contributed by atoms with Crippen LogP contribution < -0.4 is 0 Å². The number of fused-ring (bicyclic) bond motifs is 1. The average molecular weight is 294 g/mol. The van der Waals surface area contributed by atoms with Crippen molar-refractivity contribution in [1.29, 1.82) is 0 Å². The number of rotatable bonds is 3. The maximum absolute atomic E-state index is 4.67. The van der Waals surface area contributed by atoms with E-state index in [4.69, 9.17) is 0 Å². The molecule has 0 fully saturated rings. The predicted octanol–water partition coefficient (Wildman–Crippen LogP) is 4.85. The quantitative estimate of drug-likeness (QED) is 0.646. The normalized spacial score (nSPS) is 11.0. The van der Waals surface area contributed by atoms with Crippen molar-refractivity contribution < 1.29 is 0 Å². The van der Waals surface area contributed by atoms with Gasteiger partial charge in [0.15, 0.2) is 0 Å². The van der Waals surface area contributed by atoms with Gasteiger partial charge in [0.1, 0.15) is 5.82 Å². The molecule has 21 heavy (non-hydrogen) atoms. The first-order chi connectivity index (χ1) is 10.1. The van der Waals surface area contributed by atoms with Gasteiger partial charge in [0.2, 0.25) is 0 Å². The second-order valence-corrected chi connectivity index (χ2v) is 6.32. The minimum Gasteiger partial charge on any atom is -0.237 e. The molecule has 0 radical (unpaired) electrons. The van der Waals surface area contributed by atoms with E-state index in [1.54, 1.807) is 11.8 Å². The van der Waals surface area contributed by atoms with Crippen LogP contribution in [-0.2, 0) is 5.75 Å².